The van der Waals surface area contributed by atoms with E-state index in [1.54, 1.807) is 16.7 Å². The Bertz CT molecular complexity index is 585. The van der Waals surface area contributed by atoms with Gasteiger partial charge in [0.1, 0.15) is 0 Å². The van der Waals surface area contributed by atoms with Crippen molar-refractivity contribution in [2.45, 2.75) is 155 Å². The van der Waals surface area contributed by atoms with E-state index in [-0.39, 0.29) is 17.8 Å². The summed E-state index contributed by atoms with van der Waals surface area (Å²) in [5.74, 6) is 0.328. The lowest BCUT2D eigenvalue weighted by Crippen LogP contribution is -2.10. The molecule has 0 amide bonds. The third-order valence-electron chi connectivity index (χ3n) is 7.07. The molecule has 0 aliphatic heterocycles. The summed E-state index contributed by atoms with van der Waals surface area (Å²) in [6, 6.07) is 3.24. The van der Waals surface area contributed by atoms with Gasteiger partial charge in [-0.05, 0) is 26.2 Å². The summed E-state index contributed by atoms with van der Waals surface area (Å²) in [6.07, 6.45) is 28.7. The first-order valence-corrected chi connectivity index (χ1v) is 14.4. The van der Waals surface area contributed by atoms with Crippen LogP contribution in [0, 0.1) is 0 Å². The molecule has 2 N–H and O–H groups in total. The van der Waals surface area contributed by atoms with Crippen molar-refractivity contribution in [3.63, 3.8) is 0 Å². The van der Waals surface area contributed by atoms with E-state index in [4.69, 9.17) is 0 Å². The molecule has 192 valence electrons. The summed E-state index contributed by atoms with van der Waals surface area (Å²) in [5, 5.41) is 20.5. The summed E-state index contributed by atoms with van der Waals surface area (Å²) in [6.45, 7) is 6.67. The topological polar surface area (TPSA) is 45.4 Å². The van der Waals surface area contributed by atoms with E-state index in [9.17, 15) is 10.2 Å². The second-order valence-electron chi connectivity index (χ2n) is 10.1. The van der Waals surface area contributed by atoms with E-state index < -0.39 is 0 Å². The van der Waals surface area contributed by atoms with Crippen LogP contribution in [0.3, 0.4) is 0 Å². The minimum atomic E-state index is 0.0588. The van der Waals surface area contributed by atoms with Crippen molar-refractivity contribution in [2.75, 3.05) is 0 Å². The average Bonchev–Trinajstić information content (AvgIpc) is 3.14. The molecule has 1 aromatic heterocycles. The molecule has 3 heteroatoms. The lowest BCUT2D eigenvalue weighted by molar-refractivity contribution is 0.336. The molecule has 1 heterocycles. The van der Waals surface area contributed by atoms with Gasteiger partial charge >= 0.3 is 0 Å². The largest absolute Gasteiger partial charge is 0.494 e. The zero-order chi connectivity index (χ0) is 24.2. The summed E-state index contributed by atoms with van der Waals surface area (Å²) >= 11 is 0. The SMILES string of the molecule is CCCCCCCCCCCCCCCCC=C(C)C(CCCCCC)n1c(O)ccc1O. The maximum atomic E-state index is 10.2. The predicted molar refractivity (Wildman–Crippen MR) is 144 cm³/mol. The minimum Gasteiger partial charge on any atom is -0.494 e. The van der Waals surface area contributed by atoms with Crippen LogP contribution >= 0.6 is 0 Å². The molecule has 0 saturated heterocycles. The molecule has 0 aromatic carbocycles. The summed E-state index contributed by atoms with van der Waals surface area (Å²) < 4.78 is 1.70. The van der Waals surface area contributed by atoms with Crippen molar-refractivity contribution >= 4 is 0 Å². The second kappa shape index (κ2) is 20.0. The van der Waals surface area contributed by atoms with E-state index in [0.717, 1.165) is 19.3 Å². The van der Waals surface area contributed by atoms with Crippen LogP contribution in [-0.2, 0) is 0 Å². The van der Waals surface area contributed by atoms with E-state index in [2.05, 4.69) is 26.8 Å². The molecule has 0 saturated carbocycles. The second-order valence-corrected chi connectivity index (χ2v) is 10.1. The van der Waals surface area contributed by atoms with E-state index >= 15 is 0 Å². The van der Waals surface area contributed by atoms with Gasteiger partial charge in [0.25, 0.3) is 0 Å². The molecule has 0 radical (unpaired) electrons. The Labute approximate surface area is 205 Å². The Balaban J connectivity index is 2.19. The number of allylic oxidation sites excluding steroid dienone is 2. The number of aromatic hydroxyl groups is 2. The van der Waals surface area contributed by atoms with Crippen LogP contribution in [0.1, 0.15) is 155 Å². The highest BCUT2D eigenvalue weighted by Crippen LogP contribution is 2.34. The first-order chi connectivity index (χ1) is 16.1. The molecule has 1 unspecified atom stereocenters. The third-order valence-corrected chi connectivity index (χ3v) is 7.07. The lowest BCUT2D eigenvalue weighted by atomic mass is 9.99. The Morgan fingerprint density at radius 3 is 1.52 bits per heavy atom. The zero-order valence-corrected chi connectivity index (χ0v) is 22.3. The van der Waals surface area contributed by atoms with Gasteiger partial charge in [-0.25, -0.2) is 0 Å². The fourth-order valence-electron chi connectivity index (χ4n) is 4.88. The van der Waals surface area contributed by atoms with Gasteiger partial charge in [0.15, 0.2) is 11.8 Å². The van der Waals surface area contributed by atoms with Crippen molar-refractivity contribution < 1.29 is 10.2 Å². The number of nitrogens with zero attached hydrogens (tertiary/aromatic N) is 1. The predicted octanol–water partition coefficient (Wildman–Crippen LogP) is 10.2. The lowest BCUT2D eigenvalue weighted by Gasteiger charge is -2.22. The summed E-state index contributed by atoms with van der Waals surface area (Å²) in [5.41, 5.74) is 1.27. The highest BCUT2D eigenvalue weighted by Gasteiger charge is 2.18. The van der Waals surface area contributed by atoms with Crippen LogP contribution in [0.2, 0.25) is 0 Å². The molecular weight excluding hydrogens is 406 g/mol. The van der Waals surface area contributed by atoms with Crippen LogP contribution in [0.5, 0.6) is 11.8 Å². The number of hydrogen-bond donors (Lipinski definition) is 2. The quantitative estimate of drug-likeness (QED) is 0.133. The van der Waals surface area contributed by atoms with Crippen molar-refractivity contribution in [1.29, 1.82) is 0 Å². The van der Waals surface area contributed by atoms with Gasteiger partial charge in [-0.2, -0.15) is 0 Å². The molecular formula is C30H55NO2. The van der Waals surface area contributed by atoms with E-state index in [0.29, 0.717) is 0 Å². The van der Waals surface area contributed by atoms with Crippen LogP contribution < -0.4 is 0 Å². The third kappa shape index (κ3) is 13.8. The van der Waals surface area contributed by atoms with Gasteiger partial charge in [0.05, 0.1) is 6.04 Å². The van der Waals surface area contributed by atoms with Gasteiger partial charge in [-0.15, -0.1) is 0 Å². The first-order valence-electron chi connectivity index (χ1n) is 14.4. The van der Waals surface area contributed by atoms with Gasteiger partial charge < -0.3 is 10.2 Å². The first kappa shape index (κ1) is 29.7. The summed E-state index contributed by atoms with van der Waals surface area (Å²) in [7, 11) is 0. The average molecular weight is 462 g/mol. The molecule has 0 aliphatic carbocycles. The smallest absolute Gasteiger partial charge is 0.194 e. The van der Waals surface area contributed by atoms with Gasteiger partial charge in [0, 0.05) is 12.1 Å². The van der Waals surface area contributed by atoms with Gasteiger partial charge in [-0.1, -0.05) is 135 Å². The molecule has 1 rings (SSSR count). The molecule has 3 nitrogen and oxygen atoms in total. The standard InChI is InChI=1S/C30H55NO2/c1-4-6-8-10-11-12-13-14-15-16-17-18-19-20-21-23-27(3)28(24-22-9-7-5-2)31-29(32)25-26-30(31)33/h23,25-26,28,32-33H,4-22,24H2,1-3H3. The Morgan fingerprint density at radius 1 is 0.667 bits per heavy atom. The van der Waals surface area contributed by atoms with Crippen molar-refractivity contribution in [3.05, 3.63) is 23.8 Å². The van der Waals surface area contributed by atoms with E-state index in [1.807, 2.05) is 0 Å². The molecule has 33 heavy (non-hydrogen) atoms. The fraction of sp³-hybridized carbons (Fsp3) is 0.800. The van der Waals surface area contributed by atoms with Crippen LogP contribution in [-0.4, -0.2) is 14.8 Å². The number of unbranched alkanes of at least 4 members (excludes halogenated alkanes) is 17. The summed E-state index contributed by atoms with van der Waals surface area (Å²) in [4.78, 5) is 0. The Hall–Kier alpha value is -1.38. The zero-order valence-electron chi connectivity index (χ0n) is 22.3. The van der Waals surface area contributed by atoms with Crippen LogP contribution in [0.15, 0.2) is 23.8 Å². The number of hydrogen-bond acceptors (Lipinski definition) is 2. The van der Waals surface area contributed by atoms with Crippen molar-refractivity contribution in [2.24, 2.45) is 0 Å². The molecule has 0 bridgehead atoms. The highest BCUT2D eigenvalue weighted by molar-refractivity contribution is 5.28. The number of aromatic nitrogens is 1. The molecule has 0 spiro atoms. The molecule has 0 aliphatic rings. The number of rotatable bonds is 22. The van der Waals surface area contributed by atoms with Gasteiger partial charge in [-0.3, -0.25) is 4.57 Å². The maximum Gasteiger partial charge on any atom is 0.194 e. The molecule has 1 atom stereocenters. The maximum absolute atomic E-state index is 10.2. The van der Waals surface area contributed by atoms with Crippen molar-refractivity contribution in [3.8, 4) is 11.8 Å². The van der Waals surface area contributed by atoms with Gasteiger partial charge in [0.2, 0.25) is 0 Å². The molecule has 0 fully saturated rings. The minimum absolute atomic E-state index is 0.0588. The van der Waals surface area contributed by atoms with Crippen LogP contribution in [0.25, 0.3) is 0 Å². The van der Waals surface area contributed by atoms with E-state index in [1.165, 1.54) is 115 Å². The molecule has 1 aromatic rings. The highest BCUT2D eigenvalue weighted by atomic mass is 16.3. The van der Waals surface area contributed by atoms with Crippen molar-refractivity contribution in [1.82, 2.24) is 4.57 Å². The Morgan fingerprint density at radius 2 is 1.06 bits per heavy atom. The fourth-order valence-corrected chi connectivity index (χ4v) is 4.88. The normalized spacial score (nSPS) is 13.0. The Kier molecular flexibility index (Phi) is 18.0. The van der Waals surface area contributed by atoms with Crippen LogP contribution in [0.4, 0.5) is 0 Å². The monoisotopic (exact) mass is 461 g/mol.